The number of carbonyl (C=O) groups is 1. The van der Waals surface area contributed by atoms with Crippen LogP contribution in [0.25, 0.3) is 11.8 Å². The van der Waals surface area contributed by atoms with Gasteiger partial charge in [-0.2, -0.15) is 0 Å². The first-order chi connectivity index (χ1) is 17.1. The lowest BCUT2D eigenvalue weighted by Crippen LogP contribution is -2.05. The van der Waals surface area contributed by atoms with Gasteiger partial charge < -0.3 is 14.6 Å². The average molecular weight is 510 g/mol. The van der Waals surface area contributed by atoms with Crippen molar-refractivity contribution in [1.82, 2.24) is 0 Å². The molecule has 0 radical (unpaired) electrons. The van der Waals surface area contributed by atoms with Gasteiger partial charge in [0.25, 0.3) is 5.70 Å². The first kappa shape index (κ1) is 29.9. The van der Waals surface area contributed by atoms with Crippen molar-refractivity contribution in [3.8, 4) is 11.5 Å². The number of carbonyl (C=O) groups excluding carboxylic acids is 1. The number of phenolic OH excluding ortho intramolecular Hbond substituents is 1. The minimum Gasteiger partial charge on any atom is -0.504 e. The lowest BCUT2D eigenvalue weighted by molar-refractivity contribution is -0.419. The molecule has 0 saturated heterocycles. The van der Waals surface area contributed by atoms with Crippen molar-refractivity contribution in [2.45, 2.75) is 33.6 Å². The number of aromatic hydroxyl groups is 1. The van der Waals surface area contributed by atoms with Gasteiger partial charge in [0.1, 0.15) is 11.5 Å². The van der Waals surface area contributed by atoms with Crippen molar-refractivity contribution in [1.29, 1.82) is 0 Å². The number of ether oxygens (including phenoxy) is 2. The summed E-state index contributed by atoms with van der Waals surface area (Å²) in [4.78, 5) is 23.4. The SMILES string of the molecule is C=C/C=C(\C=C/CC(=C)OC(=O)/C(C)=C\c1ccc(OC(=C)c2cccs2)c(O)c1)[N+](=O)[O-].CCC. The van der Waals surface area contributed by atoms with E-state index in [9.17, 15) is 20.0 Å². The van der Waals surface area contributed by atoms with Crippen LogP contribution in [0.5, 0.6) is 11.5 Å². The summed E-state index contributed by atoms with van der Waals surface area (Å²) in [5.41, 5.74) is 0.687. The summed E-state index contributed by atoms with van der Waals surface area (Å²) in [5, 5.41) is 23.0. The van der Waals surface area contributed by atoms with Gasteiger partial charge in [0.2, 0.25) is 0 Å². The summed E-state index contributed by atoms with van der Waals surface area (Å²) in [5.74, 6) is 0.0533. The van der Waals surface area contributed by atoms with Gasteiger partial charge in [0, 0.05) is 24.1 Å². The predicted octanol–water partition coefficient (Wildman–Crippen LogP) is 7.67. The largest absolute Gasteiger partial charge is 0.504 e. The second kappa shape index (κ2) is 15.7. The summed E-state index contributed by atoms with van der Waals surface area (Å²) < 4.78 is 10.8. The fraction of sp³-hybridized carbons (Fsp3) is 0.179. The topological polar surface area (TPSA) is 98.9 Å². The molecule has 0 bridgehead atoms. The smallest absolute Gasteiger partial charge is 0.338 e. The number of hydrogen-bond donors (Lipinski definition) is 1. The normalized spacial score (nSPS) is 11.3. The third-order valence-electron chi connectivity index (χ3n) is 4.09. The molecule has 0 atom stereocenters. The van der Waals surface area contributed by atoms with Gasteiger partial charge in [-0.3, -0.25) is 10.1 Å². The Morgan fingerprint density at radius 2 is 1.94 bits per heavy atom. The Kier molecular flexibility index (Phi) is 13.0. The van der Waals surface area contributed by atoms with E-state index >= 15 is 0 Å². The number of allylic oxidation sites excluding steroid dienone is 4. The fourth-order valence-electron chi connectivity index (χ4n) is 2.50. The molecule has 1 N–H and O–H groups in total. The quantitative estimate of drug-likeness (QED) is 0.0833. The molecular weight excluding hydrogens is 478 g/mol. The highest BCUT2D eigenvalue weighted by Gasteiger charge is 2.11. The Bertz CT molecular complexity index is 1170. The van der Waals surface area contributed by atoms with Gasteiger partial charge >= 0.3 is 5.97 Å². The number of rotatable bonds is 11. The highest BCUT2D eigenvalue weighted by Crippen LogP contribution is 2.32. The molecule has 1 aromatic carbocycles. The second-order valence-corrected chi connectivity index (χ2v) is 8.33. The summed E-state index contributed by atoms with van der Waals surface area (Å²) in [6.07, 6.45) is 8.21. The molecule has 0 aliphatic heterocycles. The van der Waals surface area contributed by atoms with Crippen molar-refractivity contribution in [3.63, 3.8) is 0 Å². The van der Waals surface area contributed by atoms with E-state index in [0.29, 0.717) is 11.3 Å². The van der Waals surface area contributed by atoms with Crippen molar-refractivity contribution < 1.29 is 24.3 Å². The molecule has 1 heterocycles. The van der Waals surface area contributed by atoms with Gasteiger partial charge in [0.05, 0.1) is 9.80 Å². The highest BCUT2D eigenvalue weighted by atomic mass is 32.1. The Morgan fingerprint density at radius 1 is 1.25 bits per heavy atom. The molecule has 7 nitrogen and oxygen atoms in total. The molecule has 0 amide bonds. The molecular formula is C28H31NO6S. The molecule has 2 rings (SSSR count). The van der Waals surface area contributed by atoms with Crippen LogP contribution in [0.2, 0.25) is 0 Å². The number of thiophene rings is 1. The maximum atomic E-state index is 12.3. The van der Waals surface area contributed by atoms with Crippen LogP contribution < -0.4 is 4.74 Å². The molecule has 1 aromatic heterocycles. The van der Waals surface area contributed by atoms with Crippen LogP contribution in [0.3, 0.4) is 0 Å². The van der Waals surface area contributed by atoms with Crippen LogP contribution in [0.15, 0.2) is 96.8 Å². The molecule has 0 saturated carbocycles. The number of phenols is 1. The molecule has 0 fully saturated rings. The molecule has 0 spiro atoms. The van der Waals surface area contributed by atoms with Gasteiger partial charge in [-0.05, 0) is 42.1 Å². The van der Waals surface area contributed by atoms with E-state index in [1.54, 1.807) is 25.1 Å². The van der Waals surface area contributed by atoms with Crippen LogP contribution in [0.4, 0.5) is 0 Å². The minimum absolute atomic E-state index is 0.105. The average Bonchev–Trinajstić information content (AvgIpc) is 3.36. The first-order valence-electron chi connectivity index (χ1n) is 11.1. The maximum Gasteiger partial charge on any atom is 0.338 e. The van der Waals surface area contributed by atoms with E-state index in [0.717, 1.165) is 4.88 Å². The van der Waals surface area contributed by atoms with E-state index in [1.807, 2.05) is 17.5 Å². The number of nitro groups is 1. The summed E-state index contributed by atoms with van der Waals surface area (Å²) >= 11 is 1.47. The third kappa shape index (κ3) is 10.4. The van der Waals surface area contributed by atoms with Crippen LogP contribution in [-0.2, 0) is 9.53 Å². The Balaban J connectivity index is 0.00000205. The maximum absolute atomic E-state index is 12.3. The Hall–Kier alpha value is -4.17. The first-order valence-corrected chi connectivity index (χ1v) is 12.0. The van der Waals surface area contributed by atoms with Crippen LogP contribution >= 0.6 is 11.3 Å². The number of benzene rings is 1. The number of hydrogen-bond acceptors (Lipinski definition) is 7. The van der Waals surface area contributed by atoms with Gasteiger partial charge in [-0.1, -0.05) is 64.3 Å². The van der Waals surface area contributed by atoms with Gasteiger partial charge in [-0.25, -0.2) is 4.79 Å². The number of nitrogens with zero attached hydrogens (tertiary/aromatic N) is 1. The standard InChI is InChI=1S/C25H23NO6S.C3H8/c1-5-8-21(26(29)30)10-6-9-18(3)31-25(28)17(2)15-20-12-13-23(22(27)16-20)32-19(4)24-11-7-14-33-24;1-3-2/h5-8,10-16,27H,1,3-4,9H2,2H3;3H2,1-2H3/b10-6-,17-15-,21-8+;. The molecule has 190 valence electrons. The Morgan fingerprint density at radius 3 is 2.50 bits per heavy atom. The minimum atomic E-state index is -0.629. The second-order valence-electron chi connectivity index (χ2n) is 7.38. The lowest BCUT2D eigenvalue weighted by Gasteiger charge is -2.10. The summed E-state index contributed by atoms with van der Waals surface area (Å²) in [6.45, 7) is 16.7. The Labute approximate surface area is 215 Å². The van der Waals surface area contributed by atoms with E-state index in [2.05, 4.69) is 33.6 Å². The zero-order valence-electron chi connectivity index (χ0n) is 20.7. The molecule has 2 aromatic rings. The molecule has 0 unspecified atom stereocenters. The van der Waals surface area contributed by atoms with Crippen molar-refractivity contribution in [2.24, 2.45) is 0 Å². The van der Waals surface area contributed by atoms with Crippen LogP contribution in [0.1, 0.15) is 44.1 Å². The van der Waals surface area contributed by atoms with E-state index in [-0.39, 0.29) is 34.9 Å². The zero-order valence-corrected chi connectivity index (χ0v) is 21.5. The summed E-state index contributed by atoms with van der Waals surface area (Å²) in [6, 6.07) is 8.44. The molecule has 0 aliphatic rings. The van der Waals surface area contributed by atoms with Crippen LogP contribution in [-0.4, -0.2) is 16.0 Å². The summed E-state index contributed by atoms with van der Waals surface area (Å²) in [7, 11) is 0. The van der Waals surface area contributed by atoms with Crippen molar-refractivity contribution in [2.75, 3.05) is 0 Å². The van der Waals surface area contributed by atoms with Gasteiger partial charge in [0.15, 0.2) is 11.5 Å². The predicted molar refractivity (Wildman–Crippen MR) is 146 cm³/mol. The van der Waals surface area contributed by atoms with Gasteiger partial charge in [-0.15, -0.1) is 11.3 Å². The fourth-order valence-corrected chi connectivity index (χ4v) is 3.14. The monoisotopic (exact) mass is 509 g/mol. The van der Waals surface area contributed by atoms with E-state index in [1.165, 1.54) is 48.1 Å². The third-order valence-corrected chi connectivity index (χ3v) is 5.00. The lowest BCUT2D eigenvalue weighted by atomic mass is 10.1. The van der Waals surface area contributed by atoms with Crippen molar-refractivity contribution >= 4 is 29.1 Å². The van der Waals surface area contributed by atoms with Crippen molar-refractivity contribution in [3.05, 3.63) is 117 Å². The molecule has 0 aliphatic carbocycles. The zero-order chi connectivity index (χ0) is 27.1. The number of esters is 1. The molecule has 8 heteroatoms. The van der Waals surface area contributed by atoms with E-state index in [4.69, 9.17) is 9.47 Å². The highest BCUT2D eigenvalue weighted by molar-refractivity contribution is 7.11. The molecule has 36 heavy (non-hydrogen) atoms. The van der Waals surface area contributed by atoms with E-state index < -0.39 is 10.9 Å². The van der Waals surface area contributed by atoms with Crippen LogP contribution in [0, 0.1) is 10.1 Å².